The topological polar surface area (TPSA) is 83.6 Å². The molecule has 1 aromatic heterocycles. The van der Waals surface area contributed by atoms with Crippen LogP contribution in [0.2, 0.25) is 0 Å². The van der Waals surface area contributed by atoms with Gasteiger partial charge in [-0.05, 0) is 42.8 Å². The molecule has 6 nitrogen and oxygen atoms in total. The molecule has 3 rings (SSSR count). The van der Waals surface area contributed by atoms with Crippen LogP contribution in [0.25, 0.3) is 5.69 Å². The zero-order valence-electron chi connectivity index (χ0n) is 13.0. The van der Waals surface area contributed by atoms with Gasteiger partial charge in [0.05, 0.1) is 23.4 Å². The number of nitriles is 1. The first-order chi connectivity index (χ1) is 11.7. The van der Waals surface area contributed by atoms with Crippen LogP contribution < -0.4 is 5.32 Å². The summed E-state index contributed by atoms with van der Waals surface area (Å²) >= 11 is 0. The second kappa shape index (κ2) is 6.75. The molecule has 0 fully saturated rings. The minimum absolute atomic E-state index is 0.188. The number of nitrogens with one attached hydrogen (secondary N) is 1. The summed E-state index contributed by atoms with van der Waals surface area (Å²) in [4.78, 5) is 16.4. The average Bonchev–Trinajstić information content (AvgIpc) is 3.16. The zero-order valence-corrected chi connectivity index (χ0v) is 13.0. The number of carbonyl (C=O) groups is 1. The van der Waals surface area contributed by atoms with Crippen LogP contribution in [0.15, 0.2) is 61.2 Å². The van der Waals surface area contributed by atoms with Gasteiger partial charge in [-0.25, -0.2) is 9.67 Å². The van der Waals surface area contributed by atoms with Crippen molar-refractivity contribution in [2.75, 3.05) is 0 Å². The van der Waals surface area contributed by atoms with E-state index < -0.39 is 0 Å². The number of hydrogen-bond donors (Lipinski definition) is 1. The second-order valence-electron chi connectivity index (χ2n) is 5.32. The van der Waals surface area contributed by atoms with E-state index in [2.05, 4.69) is 21.5 Å². The predicted molar refractivity (Wildman–Crippen MR) is 88.4 cm³/mol. The third kappa shape index (κ3) is 3.31. The molecule has 3 aromatic rings. The molecule has 6 heteroatoms. The number of amides is 1. The summed E-state index contributed by atoms with van der Waals surface area (Å²) in [5.74, 6) is -0.188. The molecule has 0 aliphatic rings. The Morgan fingerprint density at radius 3 is 2.83 bits per heavy atom. The van der Waals surface area contributed by atoms with Gasteiger partial charge < -0.3 is 5.32 Å². The van der Waals surface area contributed by atoms with E-state index in [0.717, 1.165) is 11.3 Å². The minimum Gasteiger partial charge on any atom is -0.346 e. The van der Waals surface area contributed by atoms with Crippen molar-refractivity contribution in [3.63, 3.8) is 0 Å². The molecule has 1 unspecified atom stereocenters. The van der Waals surface area contributed by atoms with Gasteiger partial charge in [0.1, 0.15) is 12.7 Å². The molecule has 1 N–H and O–H groups in total. The number of carbonyl (C=O) groups excluding carboxylic acids is 1. The monoisotopic (exact) mass is 317 g/mol. The molecule has 0 aliphatic carbocycles. The van der Waals surface area contributed by atoms with Crippen LogP contribution in [-0.4, -0.2) is 20.7 Å². The summed E-state index contributed by atoms with van der Waals surface area (Å²) in [6, 6.07) is 16.2. The van der Waals surface area contributed by atoms with Crippen LogP contribution in [0.3, 0.4) is 0 Å². The summed E-state index contributed by atoms with van der Waals surface area (Å²) in [7, 11) is 0. The lowest BCUT2D eigenvalue weighted by atomic mass is 10.1. The van der Waals surface area contributed by atoms with E-state index in [9.17, 15) is 4.79 Å². The predicted octanol–water partition coefficient (Wildman–Crippen LogP) is 2.63. The van der Waals surface area contributed by atoms with Crippen LogP contribution in [0.5, 0.6) is 0 Å². The molecule has 1 amide bonds. The lowest BCUT2D eigenvalue weighted by molar-refractivity contribution is 0.0940. The van der Waals surface area contributed by atoms with Crippen LogP contribution in [0, 0.1) is 11.3 Å². The molecule has 1 atom stereocenters. The molecule has 0 radical (unpaired) electrons. The molecule has 24 heavy (non-hydrogen) atoms. The smallest absolute Gasteiger partial charge is 0.251 e. The normalized spacial score (nSPS) is 11.5. The fraction of sp³-hybridized carbons (Fsp3) is 0.111. The molecular weight excluding hydrogens is 302 g/mol. The van der Waals surface area contributed by atoms with Gasteiger partial charge >= 0.3 is 0 Å². The van der Waals surface area contributed by atoms with E-state index in [1.54, 1.807) is 41.3 Å². The lowest BCUT2D eigenvalue weighted by Crippen LogP contribution is -2.26. The molecule has 0 bridgehead atoms. The zero-order chi connectivity index (χ0) is 16.9. The average molecular weight is 317 g/mol. The molecular formula is C18H15N5O. The van der Waals surface area contributed by atoms with Crippen LogP contribution in [0.1, 0.15) is 34.5 Å². The highest BCUT2D eigenvalue weighted by Gasteiger charge is 2.12. The minimum atomic E-state index is -0.208. The van der Waals surface area contributed by atoms with E-state index in [4.69, 9.17) is 5.26 Å². The standard InChI is InChI=1S/C18H15N5O/c1-13(15-5-2-4-14(8-15)10-19)22-18(24)16-6-3-7-17(9-16)23-12-20-11-21-23/h2-9,11-13H,1H3,(H,22,24). The van der Waals surface area contributed by atoms with Crippen LogP contribution >= 0.6 is 0 Å². The van der Waals surface area contributed by atoms with Crippen molar-refractivity contribution in [1.29, 1.82) is 5.26 Å². The SMILES string of the molecule is CC(NC(=O)c1cccc(-n2cncn2)c1)c1cccc(C#N)c1. The fourth-order valence-corrected chi connectivity index (χ4v) is 2.37. The fourth-order valence-electron chi connectivity index (χ4n) is 2.37. The Hall–Kier alpha value is -3.46. The molecule has 2 aromatic carbocycles. The maximum Gasteiger partial charge on any atom is 0.251 e. The first kappa shape index (κ1) is 15.4. The highest BCUT2D eigenvalue weighted by Crippen LogP contribution is 2.15. The van der Waals surface area contributed by atoms with E-state index in [1.165, 1.54) is 6.33 Å². The Morgan fingerprint density at radius 2 is 2.08 bits per heavy atom. The first-order valence-corrected chi connectivity index (χ1v) is 7.43. The molecule has 0 saturated carbocycles. The molecule has 118 valence electrons. The van der Waals surface area contributed by atoms with Crippen molar-refractivity contribution < 1.29 is 4.79 Å². The Labute approximate surface area is 139 Å². The third-order valence-corrected chi connectivity index (χ3v) is 3.65. The summed E-state index contributed by atoms with van der Waals surface area (Å²) in [6.45, 7) is 1.88. The number of rotatable bonds is 4. The summed E-state index contributed by atoms with van der Waals surface area (Å²) < 4.78 is 1.59. The summed E-state index contributed by atoms with van der Waals surface area (Å²) in [5, 5.41) is 16.0. The number of benzene rings is 2. The highest BCUT2D eigenvalue weighted by molar-refractivity contribution is 5.95. The van der Waals surface area contributed by atoms with E-state index in [0.29, 0.717) is 11.1 Å². The van der Waals surface area contributed by atoms with Gasteiger partial charge in [0.15, 0.2) is 0 Å². The van der Waals surface area contributed by atoms with Crippen molar-refractivity contribution in [1.82, 2.24) is 20.1 Å². The first-order valence-electron chi connectivity index (χ1n) is 7.43. The van der Waals surface area contributed by atoms with Crippen molar-refractivity contribution in [3.05, 3.63) is 77.9 Å². The van der Waals surface area contributed by atoms with Gasteiger partial charge in [-0.15, -0.1) is 0 Å². The largest absolute Gasteiger partial charge is 0.346 e. The maximum absolute atomic E-state index is 12.5. The van der Waals surface area contributed by atoms with Crippen molar-refractivity contribution in [2.45, 2.75) is 13.0 Å². The summed E-state index contributed by atoms with van der Waals surface area (Å²) in [5.41, 5.74) is 2.75. The van der Waals surface area contributed by atoms with Gasteiger partial charge in [0.25, 0.3) is 5.91 Å². The quantitative estimate of drug-likeness (QED) is 0.801. The van der Waals surface area contributed by atoms with Crippen LogP contribution in [-0.2, 0) is 0 Å². The highest BCUT2D eigenvalue weighted by atomic mass is 16.1. The van der Waals surface area contributed by atoms with Crippen molar-refractivity contribution in [2.24, 2.45) is 0 Å². The van der Waals surface area contributed by atoms with Gasteiger partial charge in [0, 0.05) is 5.56 Å². The number of nitrogens with zero attached hydrogens (tertiary/aromatic N) is 4. The van der Waals surface area contributed by atoms with Gasteiger partial charge in [-0.1, -0.05) is 18.2 Å². The van der Waals surface area contributed by atoms with Crippen LogP contribution in [0.4, 0.5) is 0 Å². The molecule has 0 spiro atoms. The van der Waals surface area contributed by atoms with Gasteiger partial charge in [-0.2, -0.15) is 10.4 Å². The van der Waals surface area contributed by atoms with Gasteiger partial charge in [0.2, 0.25) is 0 Å². The van der Waals surface area contributed by atoms with E-state index in [-0.39, 0.29) is 11.9 Å². The summed E-state index contributed by atoms with van der Waals surface area (Å²) in [6.07, 6.45) is 3.02. The van der Waals surface area contributed by atoms with E-state index in [1.807, 2.05) is 25.1 Å². The number of hydrogen-bond acceptors (Lipinski definition) is 4. The molecule has 0 aliphatic heterocycles. The molecule has 0 saturated heterocycles. The van der Waals surface area contributed by atoms with Crippen molar-refractivity contribution in [3.8, 4) is 11.8 Å². The number of aromatic nitrogens is 3. The Morgan fingerprint density at radius 1 is 1.25 bits per heavy atom. The molecule has 1 heterocycles. The third-order valence-electron chi connectivity index (χ3n) is 3.65. The lowest BCUT2D eigenvalue weighted by Gasteiger charge is -2.15. The Bertz CT molecular complexity index is 896. The Balaban J connectivity index is 1.77. The van der Waals surface area contributed by atoms with Crippen molar-refractivity contribution >= 4 is 5.91 Å². The Kier molecular flexibility index (Phi) is 4.34. The second-order valence-corrected chi connectivity index (χ2v) is 5.32. The maximum atomic E-state index is 12.5. The van der Waals surface area contributed by atoms with E-state index >= 15 is 0 Å². The van der Waals surface area contributed by atoms with Gasteiger partial charge in [-0.3, -0.25) is 4.79 Å².